The molecule has 2 rings (SSSR count). The summed E-state index contributed by atoms with van der Waals surface area (Å²) in [5.74, 6) is 0.997. The van der Waals surface area contributed by atoms with Gasteiger partial charge < -0.3 is 5.73 Å². The van der Waals surface area contributed by atoms with Gasteiger partial charge in [0.25, 0.3) is 0 Å². The highest BCUT2D eigenvalue weighted by molar-refractivity contribution is 9.10. The lowest BCUT2D eigenvalue weighted by atomic mass is 10.1. The maximum Gasteiger partial charge on any atom is 0.0277 e. The van der Waals surface area contributed by atoms with E-state index in [2.05, 4.69) is 65.3 Å². The SMILES string of the molecule is Cc1ccccc1CSc1ccc([C@H](C)N)c(Br)c1. The average molecular weight is 336 g/mol. The number of rotatable bonds is 4. The van der Waals surface area contributed by atoms with Crippen LogP contribution in [-0.2, 0) is 5.75 Å². The first kappa shape index (κ1) is 14.6. The molecule has 0 aliphatic carbocycles. The van der Waals surface area contributed by atoms with Gasteiger partial charge in [0.1, 0.15) is 0 Å². The third-order valence-corrected chi connectivity index (χ3v) is 4.85. The molecule has 1 atom stereocenters. The Balaban J connectivity index is 2.08. The van der Waals surface area contributed by atoms with Crippen LogP contribution < -0.4 is 5.73 Å². The van der Waals surface area contributed by atoms with Crippen molar-refractivity contribution < 1.29 is 0 Å². The van der Waals surface area contributed by atoms with Crippen LogP contribution in [0.25, 0.3) is 0 Å². The molecule has 0 bridgehead atoms. The molecular weight excluding hydrogens is 318 g/mol. The molecule has 0 spiro atoms. The smallest absolute Gasteiger partial charge is 0.0277 e. The van der Waals surface area contributed by atoms with Crippen LogP contribution in [0, 0.1) is 6.92 Å². The minimum absolute atomic E-state index is 0.0600. The van der Waals surface area contributed by atoms with Crippen LogP contribution in [-0.4, -0.2) is 0 Å². The molecule has 0 radical (unpaired) electrons. The molecule has 0 heterocycles. The van der Waals surface area contributed by atoms with Crippen LogP contribution in [0.3, 0.4) is 0 Å². The van der Waals surface area contributed by atoms with Crippen LogP contribution in [0.2, 0.25) is 0 Å². The molecule has 0 aromatic heterocycles. The Kier molecular flexibility index (Phi) is 5.08. The fourth-order valence-electron chi connectivity index (χ4n) is 1.90. The number of benzene rings is 2. The summed E-state index contributed by atoms with van der Waals surface area (Å²) in [4.78, 5) is 1.26. The Hall–Kier alpha value is -0.770. The molecule has 0 fully saturated rings. The maximum absolute atomic E-state index is 5.91. The zero-order valence-electron chi connectivity index (χ0n) is 11.2. The van der Waals surface area contributed by atoms with E-state index >= 15 is 0 Å². The first-order chi connectivity index (χ1) is 9.08. The van der Waals surface area contributed by atoms with Crippen molar-refractivity contribution in [1.82, 2.24) is 0 Å². The van der Waals surface area contributed by atoms with Gasteiger partial charge in [0.2, 0.25) is 0 Å². The second kappa shape index (κ2) is 6.60. The van der Waals surface area contributed by atoms with E-state index in [0.29, 0.717) is 0 Å². The van der Waals surface area contributed by atoms with Gasteiger partial charge in [-0.1, -0.05) is 46.3 Å². The summed E-state index contributed by atoms with van der Waals surface area (Å²) in [7, 11) is 0. The van der Waals surface area contributed by atoms with Crippen LogP contribution in [0.1, 0.15) is 29.7 Å². The molecule has 2 aromatic carbocycles. The minimum Gasteiger partial charge on any atom is -0.324 e. The Morgan fingerprint density at radius 2 is 1.95 bits per heavy atom. The third-order valence-electron chi connectivity index (χ3n) is 3.12. The number of nitrogens with two attached hydrogens (primary N) is 1. The highest BCUT2D eigenvalue weighted by Crippen LogP contribution is 2.30. The lowest BCUT2D eigenvalue weighted by Gasteiger charge is -2.10. The van der Waals surface area contributed by atoms with Crippen molar-refractivity contribution in [2.45, 2.75) is 30.5 Å². The normalized spacial score (nSPS) is 12.4. The van der Waals surface area contributed by atoms with Crippen LogP contribution in [0.5, 0.6) is 0 Å². The number of halogens is 1. The van der Waals surface area contributed by atoms with Gasteiger partial charge in [-0.25, -0.2) is 0 Å². The van der Waals surface area contributed by atoms with Crippen LogP contribution in [0.4, 0.5) is 0 Å². The van der Waals surface area contributed by atoms with E-state index in [0.717, 1.165) is 15.8 Å². The van der Waals surface area contributed by atoms with Gasteiger partial charge in [-0.05, 0) is 42.7 Å². The van der Waals surface area contributed by atoms with Gasteiger partial charge in [0.15, 0.2) is 0 Å². The van der Waals surface area contributed by atoms with Crippen LogP contribution >= 0.6 is 27.7 Å². The lowest BCUT2D eigenvalue weighted by molar-refractivity contribution is 0.811. The monoisotopic (exact) mass is 335 g/mol. The van der Waals surface area contributed by atoms with Crippen molar-refractivity contribution in [3.05, 3.63) is 63.6 Å². The maximum atomic E-state index is 5.91. The van der Waals surface area contributed by atoms with E-state index in [1.54, 1.807) is 0 Å². The lowest BCUT2D eigenvalue weighted by Crippen LogP contribution is -2.05. The van der Waals surface area contributed by atoms with Crippen molar-refractivity contribution in [1.29, 1.82) is 0 Å². The molecule has 0 aliphatic rings. The summed E-state index contributed by atoms with van der Waals surface area (Å²) >= 11 is 5.45. The fraction of sp³-hybridized carbons (Fsp3) is 0.250. The summed E-state index contributed by atoms with van der Waals surface area (Å²) in [5.41, 5.74) is 9.80. The van der Waals surface area contributed by atoms with Gasteiger partial charge in [-0.3, -0.25) is 0 Å². The number of hydrogen-bond donors (Lipinski definition) is 1. The minimum atomic E-state index is 0.0600. The first-order valence-corrected chi connectivity index (χ1v) is 8.08. The average Bonchev–Trinajstić information content (AvgIpc) is 2.37. The van der Waals surface area contributed by atoms with Gasteiger partial charge in [0.05, 0.1) is 0 Å². The van der Waals surface area contributed by atoms with Gasteiger partial charge in [0, 0.05) is 21.2 Å². The van der Waals surface area contributed by atoms with E-state index in [1.807, 2.05) is 18.7 Å². The standard InChI is InChI=1S/C16H18BrNS/c1-11-5-3-4-6-13(11)10-19-14-7-8-15(12(2)18)16(17)9-14/h3-9,12H,10,18H2,1-2H3/t12-/m0/s1. The second-order valence-electron chi connectivity index (χ2n) is 4.69. The summed E-state index contributed by atoms with van der Waals surface area (Å²) < 4.78 is 1.09. The summed E-state index contributed by atoms with van der Waals surface area (Å²) in [6, 6.07) is 15.0. The van der Waals surface area contributed by atoms with E-state index in [4.69, 9.17) is 5.73 Å². The third kappa shape index (κ3) is 3.85. The van der Waals surface area contributed by atoms with E-state index in [1.165, 1.54) is 16.0 Å². The topological polar surface area (TPSA) is 26.0 Å². The Morgan fingerprint density at radius 1 is 1.21 bits per heavy atom. The number of thioether (sulfide) groups is 1. The number of aryl methyl sites for hydroxylation is 1. The fourth-order valence-corrected chi connectivity index (χ4v) is 3.80. The highest BCUT2D eigenvalue weighted by Gasteiger charge is 2.06. The van der Waals surface area contributed by atoms with Gasteiger partial charge in [-0.15, -0.1) is 11.8 Å². The largest absolute Gasteiger partial charge is 0.324 e. The van der Waals surface area contributed by atoms with Crippen molar-refractivity contribution in [2.24, 2.45) is 5.73 Å². The van der Waals surface area contributed by atoms with E-state index < -0.39 is 0 Å². The van der Waals surface area contributed by atoms with Crippen LogP contribution in [0.15, 0.2) is 51.8 Å². The second-order valence-corrected chi connectivity index (χ2v) is 6.59. The molecular formula is C16H18BrNS. The van der Waals surface area contributed by atoms with Crippen molar-refractivity contribution in [3.63, 3.8) is 0 Å². The highest BCUT2D eigenvalue weighted by atomic mass is 79.9. The van der Waals surface area contributed by atoms with Crippen molar-refractivity contribution in [3.8, 4) is 0 Å². The zero-order valence-corrected chi connectivity index (χ0v) is 13.6. The molecule has 0 amide bonds. The molecule has 0 saturated carbocycles. The predicted molar refractivity (Wildman–Crippen MR) is 87.5 cm³/mol. The Bertz CT molecular complexity index is 566. The summed E-state index contributed by atoms with van der Waals surface area (Å²) in [6.45, 7) is 4.16. The predicted octanol–water partition coefficient (Wildman–Crippen LogP) is 5.07. The van der Waals surface area contributed by atoms with E-state index in [-0.39, 0.29) is 6.04 Å². The molecule has 100 valence electrons. The van der Waals surface area contributed by atoms with Crippen molar-refractivity contribution >= 4 is 27.7 Å². The molecule has 0 saturated heterocycles. The summed E-state index contributed by atoms with van der Waals surface area (Å²) in [5, 5.41) is 0. The van der Waals surface area contributed by atoms with Crippen molar-refractivity contribution in [2.75, 3.05) is 0 Å². The number of hydrogen-bond acceptors (Lipinski definition) is 2. The molecule has 2 N–H and O–H groups in total. The molecule has 1 nitrogen and oxygen atoms in total. The van der Waals surface area contributed by atoms with Gasteiger partial charge in [-0.2, -0.15) is 0 Å². The molecule has 0 aliphatic heterocycles. The van der Waals surface area contributed by atoms with Gasteiger partial charge >= 0.3 is 0 Å². The first-order valence-electron chi connectivity index (χ1n) is 6.30. The Labute approximate surface area is 127 Å². The molecule has 2 aromatic rings. The Morgan fingerprint density at radius 3 is 2.58 bits per heavy atom. The van der Waals surface area contributed by atoms with E-state index in [9.17, 15) is 0 Å². The molecule has 19 heavy (non-hydrogen) atoms. The molecule has 3 heteroatoms. The summed E-state index contributed by atoms with van der Waals surface area (Å²) in [6.07, 6.45) is 0. The quantitative estimate of drug-likeness (QED) is 0.789. The molecule has 0 unspecified atom stereocenters. The zero-order chi connectivity index (χ0) is 13.8.